The second-order valence-corrected chi connectivity index (χ2v) is 7.59. The van der Waals surface area contributed by atoms with Crippen LogP contribution in [0.4, 0.5) is 4.79 Å². The Morgan fingerprint density at radius 1 is 1.10 bits per heavy atom. The van der Waals surface area contributed by atoms with Crippen molar-refractivity contribution in [2.75, 3.05) is 6.54 Å². The van der Waals surface area contributed by atoms with Gasteiger partial charge in [0, 0.05) is 6.54 Å². The van der Waals surface area contributed by atoms with E-state index >= 15 is 0 Å². The smallest absolute Gasteiger partial charge is 0.326 e. The number of hydrogen-bond donors (Lipinski definition) is 3. The average molecular weight is 300 g/mol. The third-order valence-electron chi connectivity index (χ3n) is 3.57. The van der Waals surface area contributed by atoms with Gasteiger partial charge >= 0.3 is 12.0 Å². The molecule has 0 aromatic carbocycles. The minimum absolute atomic E-state index is 0.0208. The van der Waals surface area contributed by atoms with Crippen LogP contribution in [0.2, 0.25) is 0 Å². The van der Waals surface area contributed by atoms with Crippen LogP contribution in [-0.4, -0.2) is 29.7 Å². The lowest BCUT2D eigenvalue weighted by Crippen LogP contribution is -2.53. The number of urea groups is 1. The molecule has 0 fully saturated rings. The number of carbonyl (C=O) groups excluding carboxylic acids is 1. The molecule has 0 unspecified atom stereocenters. The number of carbonyl (C=O) groups is 2. The van der Waals surface area contributed by atoms with E-state index in [0.29, 0.717) is 6.54 Å². The first-order chi connectivity index (χ1) is 9.49. The van der Waals surface area contributed by atoms with Gasteiger partial charge in [0.1, 0.15) is 6.04 Å². The molecular weight excluding hydrogens is 268 g/mol. The highest BCUT2D eigenvalue weighted by Crippen LogP contribution is 2.23. The van der Waals surface area contributed by atoms with Crippen molar-refractivity contribution >= 4 is 12.0 Å². The number of rotatable bonds is 8. The number of carboxylic acids is 1. The maximum atomic E-state index is 11.9. The molecule has 0 bridgehead atoms. The molecule has 2 amide bonds. The van der Waals surface area contributed by atoms with Crippen molar-refractivity contribution in [3.63, 3.8) is 0 Å². The molecule has 0 saturated carbocycles. The van der Waals surface area contributed by atoms with Crippen molar-refractivity contribution in [1.82, 2.24) is 10.6 Å². The monoisotopic (exact) mass is 300 g/mol. The van der Waals surface area contributed by atoms with E-state index in [1.165, 1.54) is 12.8 Å². The van der Waals surface area contributed by atoms with Crippen LogP contribution in [0, 0.1) is 10.8 Å². The summed E-state index contributed by atoms with van der Waals surface area (Å²) >= 11 is 0. The van der Waals surface area contributed by atoms with E-state index in [4.69, 9.17) is 0 Å². The molecule has 0 heterocycles. The second-order valence-electron chi connectivity index (χ2n) is 7.59. The Morgan fingerprint density at radius 3 is 2.10 bits per heavy atom. The van der Waals surface area contributed by atoms with Crippen LogP contribution in [0.1, 0.15) is 67.2 Å². The first kappa shape index (κ1) is 19.7. The van der Waals surface area contributed by atoms with Crippen LogP contribution in [0.5, 0.6) is 0 Å². The summed E-state index contributed by atoms with van der Waals surface area (Å²) in [5.74, 6) is -1.01. The van der Waals surface area contributed by atoms with Crippen molar-refractivity contribution in [2.24, 2.45) is 10.8 Å². The maximum Gasteiger partial charge on any atom is 0.326 e. The van der Waals surface area contributed by atoms with E-state index < -0.39 is 23.5 Å². The lowest BCUT2D eigenvalue weighted by atomic mass is 9.86. The molecule has 1 atom stereocenters. The Bertz CT molecular complexity index is 346. The van der Waals surface area contributed by atoms with Crippen molar-refractivity contribution in [3.05, 3.63) is 0 Å². The number of amides is 2. The van der Waals surface area contributed by atoms with Gasteiger partial charge < -0.3 is 15.7 Å². The van der Waals surface area contributed by atoms with Gasteiger partial charge in [0.05, 0.1) is 0 Å². The minimum atomic E-state index is -1.01. The highest BCUT2D eigenvalue weighted by Gasteiger charge is 2.32. The zero-order valence-electron chi connectivity index (χ0n) is 14.4. The number of unbranched alkanes of at least 4 members (excludes halogenated alkanes) is 2. The van der Waals surface area contributed by atoms with E-state index in [1.807, 2.05) is 0 Å². The second kappa shape index (κ2) is 8.25. The molecule has 0 radical (unpaired) electrons. The topological polar surface area (TPSA) is 78.4 Å². The molecule has 0 aliphatic carbocycles. The van der Waals surface area contributed by atoms with E-state index in [2.05, 4.69) is 31.4 Å². The summed E-state index contributed by atoms with van der Waals surface area (Å²) in [7, 11) is 0. The molecule has 21 heavy (non-hydrogen) atoms. The molecule has 0 aromatic heterocycles. The molecule has 0 spiro atoms. The molecule has 0 aromatic rings. The van der Waals surface area contributed by atoms with Gasteiger partial charge in [0.2, 0.25) is 0 Å². The predicted octanol–water partition coefficient (Wildman–Crippen LogP) is 3.39. The van der Waals surface area contributed by atoms with Crippen LogP contribution < -0.4 is 10.6 Å². The van der Waals surface area contributed by atoms with Crippen LogP contribution >= 0.6 is 0 Å². The first-order valence-electron chi connectivity index (χ1n) is 7.77. The van der Waals surface area contributed by atoms with Gasteiger partial charge in [-0.25, -0.2) is 9.59 Å². The summed E-state index contributed by atoms with van der Waals surface area (Å²) in [6.45, 7) is 12.3. The molecule has 5 heteroatoms. The SMILES string of the molecule is CCCCCC(C)(C)CNC(=O)N[C@@H](C(=O)O)C(C)(C)C. The normalized spacial score (nSPS) is 13.6. The Hall–Kier alpha value is -1.26. The van der Waals surface area contributed by atoms with Crippen LogP contribution in [0.15, 0.2) is 0 Å². The number of carboxylic acid groups (broad SMARTS) is 1. The zero-order valence-corrected chi connectivity index (χ0v) is 14.4. The van der Waals surface area contributed by atoms with E-state index in [9.17, 15) is 14.7 Å². The summed E-state index contributed by atoms with van der Waals surface area (Å²) in [4.78, 5) is 23.1. The fraction of sp³-hybridized carbons (Fsp3) is 0.875. The summed E-state index contributed by atoms with van der Waals surface area (Å²) in [6.07, 6.45) is 4.56. The highest BCUT2D eigenvalue weighted by molar-refractivity contribution is 5.83. The summed E-state index contributed by atoms with van der Waals surface area (Å²) in [5, 5.41) is 14.5. The Balaban J connectivity index is 4.33. The Labute approximate surface area is 128 Å². The fourth-order valence-electron chi connectivity index (χ4n) is 2.09. The van der Waals surface area contributed by atoms with E-state index in [-0.39, 0.29) is 5.41 Å². The fourth-order valence-corrected chi connectivity index (χ4v) is 2.09. The molecule has 5 nitrogen and oxygen atoms in total. The molecule has 124 valence electrons. The molecular formula is C16H32N2O3. The lowest BCUT2D eigenvalue weighted by molar-refractivity contribution is -0.141. The van der Waals surface area contributed by atoms with Gasteiger partial charge in [-0.3, -0.25) is 0 Å². The Kier molecular flexibility index (Phi) is 7.75. The van der Waals surface area contributed by atoms with Crippen molar-refractivity contribution in [2.45, 2.75) is 73.3 Å². The van der Waals surface area contributed by atoms with Gasteiger partial charge in [0.25, 0.3) is 0 Å². The van der Waals surface area contributed by atoms with Gasteiger partial charge in [-0.15, -0.1) is 0 Å². The van der Waals surface area contributed by atoms with Crippen LogP contribution in [0.3, 0.4) is 0 Å². The van der Waals surface area contributed by atoms with Crippen molar-refractivity contribution in [3.8, 4) is 0 Å². The standard InChI is InChI=1S/C16H32N2O3/c1-7-8-9-10-16(5,6)11-17-14(21)18-12(13(19)20)15(2,3)4/h12H,7-11H2,1-6H3,(H,19,20)(H2,17,18,21)/t12-/m0/s1. The molecule has 3 N–H and O–H groups in total. The van der Waals surface area contributed by atoms with Gasteiger partial charge in [-0.2, -0.15) is 0 Å². The summed E-state index contributed by atoms with van der Waals surface area (Å²) in [5.41, 5.74) is -0.507. The molecule has 0 rings (SSSR count). The average Bonchev–Trinajstić information content (AvgIpc) is 2.32. The maximum absolute atomic E-state index is 11.9. The van der Waals surface area contributed by atoms with Crippen molar-refractivity contribution < 1.29 is 14.7 Å². The first-order valence-corrected chi connectivity index (χ1v) is 7.77. The lowest BCUT2D eigenvalue weighted by Gasteiger charge is -2.29. The zero-order chi connectivity index (χ0) is 16.7. The highest BCUT2D eigenvalue weighted by atomic mass is 16.4. The Morgan fingerprint density at radius 2 is 1.67 bits per heavy atom. The van der Waals surface area contributed by atoms with Gasteiger partial charge in [0.15, 0.2) is 0 Å². The number of hydrogen-bond acceptors (Lipinski definition) is 2. The largest absolute Gasteiger partial charge is 0.480 e. The van der Waals surface area contributed by atoms with E-state index in [0.717, 1.165) is 12.8 Å². The van der Waals surface area contributed by atoms with Gasteiger partial charge in [-0.05, 0) is 17.3 Å². The molecule has 0 saturated heterocycles. The predicted molar refractivity (Wildman–Crippen MR) is 85.3 cm³/mol. The third-order valence-corrected chi connectivity index (χ3v) is 3.57. The van der Waals surface area contributed by atoms with Gasteiger partial charge in [-0.1, -0.05) is 60.8 Å². The van der Waals surface area contributed by atoms with Crippen LogP contribution in [-0.2, 0) is 4.79 Å². The van der Waals surface area contributed by atoms with Crippen LogP contribution in [0.25, 0.3) is 0 Å². The minimum Gasteiger partial charge on any atom is -0.480 e. The number of nitrogens with one attached hydrogen (secondary N) is 2. The third kappa shape index (κ3) is 8.58. The summed E-state index contributed by atoms with van der Waals surface area (Å²) in [6, 6.07) is -1.32. The van der Waals surface area contributed by atoms with Crippen molar-refractivity contribution in [1.29, 1.82) is 0 Å². The molecule has 0 aliphatic rings. The van der Waals surface area contributed by atoms with E-state index in [1.54, 1.807) is 20.8 Å². The summed E-state index contributed by atoms with van der Waals surface area (Å²) < 4.78 is 0. The quantitative estimate of drug-likeness (QED) is 0.601. The molecule has 0 aliphatic heterocycles. The number of aliphatic carboxylic acids is 1.